The third-order valence-corrected chi connectivity index (χ3v) is 4.10. The van der Waals surface area contributed by atoms with Crippen molar-refractivity contribution >= 4 is 5.97 Å². The van der Waals surface area contributed by atoms with Gasteiger partial charge >= 0.3 is 5.97 Å². The molecule has 0 amide bonds. The van der Waals surface area contributed by atoms with Gasteiger partial charge in [-0.15, -0.1) is 0 Å². The molecule has 5 heteroatoms. The van der Waals surface area contributed by atoms with Gasteiger partial charge in [0.1, 0.15) is 11.8 Å². The number of benzene rings is 1. The number of hydrogen-bond donors (Lipinski definition) is 2. The quantitative estimate of drug-likeness (QED) is 0.838. The summed E-state index contributed by atoms with van der Waals surface area (Å²) < 4.78 is 5.11. The van der Waals surface area contributed by atoms with Crippen LogP contribution in [0.25, 0.3) is 0 Å². The fourth-order valence-electron chi connectivity index (χ4n) is 2.96. The molecule has 2 unspecified atom stereocenters. The van der Waals surface area contributed by atoms with Crippen molar-refractivity contribution in [2.24, 2.45) is 11.8 Å². The molecular formula is C16H20N2O3. The molecular weight excluding hydrogens is 268 g/mol. The Morgan fingerprint density at radius 3 is 3.00 bits per heavy atom. The first-order valence-electron chi connectivity index (χ1n) is 7.16. The largest absolute Gasteiger partial charge is 0.495 e. The Balaban J connectivity index is 1.89. The van der Waals surface area contributed by atoms with Gasteiger partial charge in [-0.05, 0) is 43.0 Å². The second kappa shape index (κ2) is 7.09. The fraction of sp³-hybridized carbons (Fsp3) is 0.500. The summed E-state index contributed by atoms with van der Waals surface area (Å²) in [5.74, 6) is -0.127. The van der Waals surface area contributed by atoms with Crippen molar-refractivity contribution in [1.82, 2.24) is 5.32 Å². The molecule has 0 radical (unpaired) electrons. The number of carboxylic acid groups (broad SMARTS) is 1. The van der Waals surface area contributed by atoms with Crippen molar-refractivity contribution in [3.05, 3.63) is 29.3 Å². The molecule has 2 N–H and O–H groups in total. The molecule has 0 heterocycles. The molecule has 0 spiro atoms. The smallest absolute Gasteiger partial charge is 0.306 e. The van der Waals surface area contributed by atoms with E-state index in [1.165, 1.54) is 0 Å². The van der Waals surface area contributed by atoms with Crippen LogP contribution in [0.2, 0.25) is 0 Å². The molecule has 0 bridgehead atoms. The summed E-state index contributed by atoms with van der Waals surface area (Å²) in [5, 5.41) is 21.5. The topological polar surface area (TPSA) is 82.3 Å². The van der Waals surface area contributed by atoms with Crippen LogP contribution >= 0.6 is 0 Å². The van der Waals surface area contributed by atoms with Crippen LogP contribution in [0, 0.1) is 23.2 Å². The van der Waals surface area contributed by atoms with Gasteiger partial charge in [-0.1, -0.05) is 12.5 Å². The molecule has 1 aliphatic rings. The maximum Gasteiger partial charge on any atom is 0.306 e. The molecule has 1 aliphatic carbocycles. The van der Waals surface area contributed by atoms with Gasteiger partial charge in [0.2, 0.25) is 0 Å². The Kier molecular flexibility index (Phi) is 5.18. The van der Waals surface area contributed by atoms with Gasteiger partial charge in [0.25, 0.3) is 0 Å². The van der Waals surface area contributed by atoms with Crippen LogP contribution in [0.3, 0.4) is 0 Å². The van der Waals surface area contributed by atoms with E-state index >= 15 is 0 Å². The van der Waals surface area contributed by atoms with Crippen LogP contribution in [-0.2, 0) is 11.3 Å². The zero-order valence-corrected chi connectivity index (χ0v) is 12.1. The fourth-order valence-corrected chi connectivity index (χ4v) is 2.96. The van der Waals surface area contributed by atoms with E-state index in [1.807, 2.05) is 6.07 Å². The van der Waals surface area contributed by atoms with Crippen molar-refractivity contribution in [2.45, 2.75) is 25.8 Å². The summed E-state index contributed by atoms with van der Waals surface area (Å²) in [6, 6.07) is 7.61. The van der Waals surface area contributed by atoms with Gasteiger partial charge in [0.15, 0.2) is 0 Å². The van der Waals surface area contributed by atoms with E-state index in [-0.39, 0.29) is 11.8 Å². The van der Waals surface area contributed by atoms with Gasteiger partial charge < -0.3 is 15.2 Å². The maximum absolute atomic E-state index is 11.1. The van der Waals surface area contributed by atoms with E-state index in [4.69, 9.17) is 15.1 Å². The Hall–Kier alpha value is -2.06. The highest BCUT2D eigenvalue weighted by Gasteiger charge is 2.32. The van der Waals surface area contributed by atoms with E-state index < -0.39 is 5.97 Å². The molecule has 1 aromatic rings. The highest BCUT2D eigenvalue weighted by atomic mass is 16.5. The maximum atomic E-state index is 11.1. The van der Waals surface area contributed by atoms with Crippen LogP contribution < -0.4 is 10.1 Å². The molecule has 0 saturated heterocycles. The zero-order valence-electron chi connectivity index (χ0n) is 12.1. The number of hydrogen-bond acceptors (Lipinski definition) is 4. The number of aliphatic carboxylic acids is 1. The number of rotatable bonds is 6. The number of carbonyl (C=O) groups is 1. The Labute approximate surface area is 124 Å². The zero-order chi connectivity index (χ0) is 15.2. The summed E-state index contributed by atoms with van der Waals surface area (Å²) in [6.07, 6.45) is 2.74. The van der Waals surface area contributed by atoms with Crippen LogP contribution in [0.5, 0.6) is 5.75 Å². The van der Waals surface area contributed by atoms with Gasteiger partial charge in [-0.25, -0.2) is 0 Å². The second-order valence-corrected chi connectivity index (χ2v) is 5.41. The van der Waals surface area contributed by atoms with E-state index in [0.717, 1.165) is 24.8 Å². The summed E-state index contributed by atoms with van der Waals surface area (Å²) >= 11 is 0. The Bertz CT molecular complexity index is 551. The summed E-state index contributed by atoms with van der Waals surface area (Å²) in [5.41, 5.74) is 1.51. The predicted molar refractivity (Wildman–Crippen MR) is 77.9 cm³/mol. The monoisotopic (exact) mass is 288 g/mol. The molecule has 0 aliphatic heterocycles. The Morgan fingerprint density at radius 1 is 1.52 bits per heavy atom. The number of nitriles is 1. The van der Waals surface area contributed by atoms with Gasteiger partial charge in [0, 0.05) is 6.54 Å². The summed E-state index contributed by atoms with van der Waals surface area (Å²) in [7, 11) is 1.54. The normalized spacial score (nSPS) is 21.0. The van der Waals surface area contributed by atoms with Crippen LogP contribution in [0.4, 0.5) is 0 Å². The molecule has 112 valence electrons. The number of ether oxygens (including phenoxy) is 1. The average molecular weight is 288 g/mol. The molecule has 1 saturated carbocycles. The van der Waals surface area contributed by atoms with Crippen LogP contribution in [0.1, 0.15) is 30.4 Å². The first-order chi connectivity index (χ1) is 10.2. The highest BCUT2D eigenvalue weighted by Crippen LogP contribution is 2.31. The summed E-state index contributed by atoms with van der Waals surface area (Å²) in [6.45, 7) is 1.33. The minimum Gasteiger partial charge on any atom is -0.495 e. The van der Waals surface area contributed by atoms with Crippen molar-refractivity contribution in [1.29, 1.82) is 5.26 Å². The molecule has 0 aromatic heterocycles. The molecule has 2 atom stereocenters. The van der Waals surface area contributed by atoms with E-state index in [1.54, 1.807) is 19.2 Å². The van der Waals surface area contributed by atoms with Crippen LogP contribution in [-0.4, -0.2) is 24.7 Å². The lowest BCUT2D eigenvalue weighted by molar-refractivity contribution is -0.142. The number of carboxylic acids is 1. The van der Waals surface area contributed by atoms with Crippen LogP contribution in [0.15, 0.2) is 18.2 Å². The minimum atomic E-state index is -0.685. The lowest BCUT2D eigenvalue weighted by Gasteiger charge is -2.16. The third kappa shape index (κ3) is 3.73. The van der Waals surface area contributed by atoms with E-state index in [0.29, 0.717) is 24.4 Å². The summed E-state index contributed by atoms with van der Waals surface area (Å²) in [4.78, 5) is 11.1. The number of methoxy groups -OCH3 is 1. The van der Waals surface area contributed by atoms with Crippen molar-refractivity contribution < 1.29 is 14.6 Å². The molecule has 21 heavy (non-hydrogen) atoms. The lowest BCUT2D eigenvalue weighted by Crippen LogP contribution is -2.28. The lowest BCUT2D eigenvalue weighted by atomic mass is 9.96. The Morgan fingerprint density at radius 2 is 2.33 bits per heavy atom. The number of nitrogens with zero attached hydrogens (tertiary/aromatic N) is 1. The van der Waals surface area contributed by atoms with E-state index in [2.05, 4.69) is 11.4 Å². The highest BCUT2D eigenvalue weighted by molar-refractivity contribution is 5.70. The molecule has 5 nitrogen and oxygen atoms in total. The van der Waals surface area contributed by atoms with Gasteiger partial charge in [-0.2, -0.15) is 5.26 Å². The second-order valence-electron chi connectivity index (χ2n) is 5.41. The molecule has 2 rings (SSSR count). The van der Waals surface area contributed by atoms with Crippen molar-refractivity contribution in [3.8, 4) is 11.8 Å². The standard InChI is InChI=1S/C16H20N2O3/c1-21-15-6-5-11(7-13(15)8-17)9-18-10-12-3-2-4-14(12)16(19)20/h5-7,12,14,18H,2-4,9-10H2,1H3,(H,19,20). The molecule has 1 fully saturated rings. The van der Waals surface area contributed by atoms with Gasteiger partial charge in [0.05, 0.1) is 18.6 Å². The van der Waals surface area contributed by atoms with E-state index in [9.17, 15) is 4.79 Å². The first kappa shape index (κ1) is 15.3. The average Bonchev–Trinajstić information content (AvgIpc) is 2.95. The predicted octanol–water partition coefficient (Wildman–Crippen LogP) is 2.16. The third-order valence-electron chi connectivity index (χ3n) is 4.10. The van der Waals surface area contributed by atoms with Crippen molar-refractivity contribution in [3.63, 3.8) is 0 Å². The first-order valence-corrected chi connectivity index (χ1v) is 7.16. The number of nitrogens with one attached hydrogen (secondary N) is 1. The van der Waals surface area contributed by atoms with Crippen molar-refractivity contribution in [2.75, 3.05) is 13.7 Å². The molecule has 1 aromatic carbocycles. The minimum absolute atomic E-state index is 0.205. The van der Waals surface area contributed by atoms with Gasteiger partial charge in [-0.3, -0.25) is 4.79 Å². The SMILES string of the molecule is COc1ccc(CNCC2CCCC2C(=O)O)cc1C#N.